The van der Waals surface area contributed by atoms with Gasteiger partial charge in [0, 0.05) is 6.20 Å². The zero-order chi connectivity index (χ0) is 9.68. The van der Waals surface area contributed by atoms with Crippen LogP contribution in [0.1, 0.15) is 12.5 Å². The molecule has 0 unspecified atom stereocenters. The molecule has 1 heterocycles. The third-order valence-electron chi connectivity index (χ3n) is 1.57. The lowest BCUT2D eigenvalue weighted by Crippen LogP contribution is -2.10. The molecule has 0 aliphatic carbocycles. The smallest absolute Gasteiger partial charge is 0.249 e. The van der Waals surface area contributed by atoms with Gasteiger partial charge in [-0.05, 0) is 31.6 Å². The number of nitrogens with one attached hydrogen (secondary N) is 1. The lowest BCUT2D eigenvalue weighted by molar-refractivity contribution is -0.111. The van der Waals surface area contributed by atoms with Crippen molar-refractivity contribution in [3.63, 3.8) is 0 Å². The minimum absolute atomic E-state index is 0.149. The maximum absolute atomic E-state index is 11.1. The van der Waals surface area contributed by atoms with Crippen molar-refractivity contribution in [2.45, 2.75) is 13.8 Å². The average Bonchev–Trinajstić information content (AvgIpc) is 2.09. The zero-order valence-electron chi connectivity index (χ0n) is 7.74. The molecule has 0 aliphatic rings. The zero-order valence-corrected chi connectivity index (χ0v) is 7.74. The van der Waals surface area contributed by atoms with E-state index in [2.05, 4.69) is 10.3 Å². The Kier molecular flexibility index (Phi) is 3.20. The molecule has 0 saturated heterocycles. The minimum Gasteiger partial charge on any atom is -0.307 e. The van der Waals surface area contributed by atoms with Crippen molar-refractivity contribution < 1.29 is 4.79 Å². The summed E-state index contributed by atoms with van der Waals surface area (Å²) in [6, 6.07) is 3.74. The molecule has 3 heteroatoms. The number of allylic oxidation sites excluding steroid dienone is 1. The third-order valence-corrected chi connectivity index (χ3v) is 1.57. The van der Waals surface area contributed by atoms with Crippen molar-refractivity contribution in [1.82, 2.24) is 4.98 Å². The monoisotopic (exact) mass is 176 g/mol. The molecular weight excluding hydrogens is 164 g/mol. The Morgan fingerprint density at radius 1 is 1.62 bits per heavy atom. The second kappa shape index (κ2) is 4.40. The van der Waals surface area contributed by atoms with E-state index in [0.717, 1.165) is 5.56 Å². The summed E-state index contributed by atoms with van der Waals surface area (Å²) in [5.74, 6) is 0.468. The van der Waals surface area contributed by atoms with E-state index in [0.29, 0.717) is 5.82 Å². The molecule has 0 radical (unpaired) electrons. The number of aromatic nitrogens is 1. The van der Waals surface area contributed by atoms with E-state index in [1.165, 1.54) is 6.08 Å². The summed E-state index contributed by atoms with van der Waals surface area (Å²) in [7, 11) is 0. The van der Waals surface area contributed by atoms with Crippen LogP contribution >= 0.6 is 0 Å². The molecule has 0 fully saturated rings. The van der Waals surface area contributed by atoms with Gasteiger partial charge < -0.3 is 5.32 Å². The van der Waals surface area contributed by atoms with E-state index in [4.69, 9.17) is 0 Å². The molecule has 0 aliphatic heterocycles. The predicted molar refractivity (Wildman–Crippen MR) is 52.4 cm³/mol. The molecule has 1 N–H and O–H groups in total. The maximum atomic E-state index is 11.1. The number of amides is 1. The molecule has 0 atom stereocenters. The molecular formula is C10H12N2O. The summed E-state index contributed by atoms with van der Waals surface area (Å²) >= 11 is 0. The van der Waals surface area contributed by atoms with Crippen LogP contribution in [0.4, 0.5) is 5.82 Å². The summed E-state index contributed by atoms with van der Waals surface area (Å²) < 4.78 is 0. The minimum atomic E-state index is -0.149. The summed E-state index contributed by atoms with van der Waals surface area (Å²) in [5, 5.41) is 2.67. The van der Waals surface area contributed by atoms with Crippen LogP contribution in [0.5, 0.6) is 0 Å². The van der Waals surface area contributed by atoms with E-state index >= 15 is 0 Å². The fourth-order valence-electron chi connectivity index (χ4n) is 0.926. The van der Waals surface area contributed by atoms with Gasteiger partial charge in [-0.2, -0.15) is 0 Å². The summed E-state index contributed by atoms with van der Waals surface area (Å²) in [4.78, 5) is 15.2. The molecule has 1 rings (SSSR count). The first-order valence-electron chi connectivity index (χ1n) is 4.09. The number of carbonyl (C=O) groups is 1. The van der Waals surface area contributed by atoms with Crippen LogP contribution in [-0.2, 0) is 4.79 Å². The average molecular weight is 176 g/mol. The summed E-state index contributed by atoms with van der Waals surface area (Å²) in [6.07, 6.45) is 4.81. The lowest BCUT2D eigenvalue weighted by Gasteiger charge is -2.03. The van der Waals surface area contributed by atoms with Gasteiger partial charge in [0.2, 0.25) is 5.91 Å². The number of hydrogen-bond acceptors (Lipinski definition) is 2. The third kappa shape index (κ3) is 2.71. The Bertz CT molecular complexity index is 331. The van der Waals surface area contributed by atoms with Crippen LogP contribution in [0.3, 0.4) is 0 Å². The van der Waals surface area contributed by atoms with Gasteiger partial charge in [0.05, 0.1) is 0 Å². The Hall–Kier alpha value is -1.64. The van der Waals surface area contributed by atoms with Crippen molar-refractivity contribution in [2.24, 2.45) is 0 Å². The van der Waals surface area contributed by atoms with Gasteiger partial charge in [0.15, 0.2) is 0 Å². The van der Waals surface area contributed by atoms with Gasteiger partial charge in [0.25, 0.3) is 0 Å². The fraction of sp³-hybridized carbons (Fsp3) is 0.200. The maximum Gasteiger partial charge on any atom is 0.249 e. The van der Waals surface area contributed by atoms with Crippen molar-refractivity contribution in [3.05, 3.63) is 36.0 Å². The predicted octanol–water partition coefficient (Wildman–Crippen LogP) is 1.90. The van der Waals surface area contributed by atoms with Gasteiger partial charge in [-0.3, -0.25) is 4.79 Å². The Labute approximate surface area is 77.5 Å². The SMILES string of the molecule is CC=CC(=O)Nc1ncccc1C. The highest BCUT2D eigenvalue weighted by molar-refractivity contribution is 5.98. The second-order valence-electron chi connectivity index (χ2n) is 2.66. The molecule has 1 aromatic heterocycles. The summed E-state index contributed by atoms with van der Waals surface area (Å²) in [5.41, 5.74) is 0.959. The number of pyridine rings is 1. The van der Waals surface area contributed by atoms with Gasteiger partial charge >= 0.3 is 0 Å². The topological polar surface area (TPSA) is 42.0 Å². The molecule has 68 valence electrons. The number of aryl methyl sites for hydroxylation is 1. The van der Waals surface area contributed by atoms with Gasteiger partial charge in [-0.15, -0.1) is 0 Å². The van der Waals surface area contributed by atoms with Crippen molar-refractivity contribution >= 4 is 11.7 Å². The van der Waals surface area contributed by atoms with Crippen molar-refractivity contribution in [1.29, 1.82) is 0 Å². The van der Waals surface area contributed by atoms with Crippen LogP contribution in [-0.4, -0.2) is 10.9 Å². The second-order valence-corrected chi connectivity index (χ2v) is 2.66. The Balaban J connectivity index is 2.74. The molecule has 13 heavy (non-hydrogen) atoms. The first kappa shape index (κ1) is 9.45. The molecule has 1 aromatic rings. The number of hydrogen-bond donors (Lipinski definition) is 1. The largest absolute Gasteiger partial charge is 0.307 e. The molecule has 0 spiro atoms. The highest BCUT2D eigenvalue weighted by Gasteiger charge is 2.00. The summed E-state index contributed by atoms with van der Waals surface area (Å²) in [6.45, 7) is 3.70. The van der Waals surface area contributed by atoms with Crippen LogP contribution in [0, 0.1) is 6.92 Å². The van der Waals surface area contributed by atoms with Gasteiger partial charge in [0.1, 0.15) is 5.82 Å². The highest BCUT2D eigenvalue weighted by atomic mass is 16.1. The van der Waals surface area contributed by atoms with E-state index in [1.54, 1.807) is 19.2 Å². The quantitative estimate of drug-likeness (QED) is 0.699. The normalized spacial score (nSPS) is 10.3. The standard InChI is InChI=1S/C10H12N2O/c1-3-5-9(13)12-10-8(2)6-4-7-11-10/h3-7H,1-2H3,(H,11,12,13). The van der Waals surface area contributed by atoms with Gasteiger partial charge in [-0.25, -0.2) is 4.98 Å². The lowest BCUT2D eigenvalue weighted by atomic mass is 10.3. The Morgan fingerprint density at radius 3 is 3.00 bits per heavy atom. The first-order valence-corrected chi connectivity index (χ1v) is 4.09. The van der Waals surface area contributed by atoms with Crippen LogP contribution in [0.15, 0.2) is 30.5 Å². The number of nitrogens with zero attached hydrogens (tertiary/aromatic N) is 1. The highest BCUT2D eigenvalue weighted by Crippen LogP contribution is 2.08. The van der Waals surface area contributed by atoms with Crippen LogP contribution in [0.25, 0.3) is 0 Å². The van der Waals surface area contributed by atoms with Crippen LogP contribution < -0.4 is 5.32 Å². The molecule has 0 saturated carbocycles. The molecule has 3 nitrogen and oxygen atoms in total. The number of rotatable bonds is 2. The number of carbonyl (C=O) groups excluding carboxylic acids is 1. The molecule has 1 amide bonds. The van der Waals surface area contributed by atoms with Crippen molar-refractivity contribution in [2.75, 3.05) is 5.32 Å². The fourth-order valence-corrected chi connectivity index (χ4v) is 0.926. The number of anilines is 1. The van der Waals surface area contributed by atoms with E-state index in [9.17, 15) is 4.79 Å². The van der Waals surface area contributed by atoms with Crippen LogP contribution in [0.2, 0.25) is 0 Å². The van der Waals surface area contributed by atoms with E-state index in [1.807, 2.05) is 19.1 Å². The van der Waals surface area contributed by atoms with E-state index < -0.39 is 0 Å². The first-order chi connectivity index (χ1) is 6.24. The van der Waals surface area contributed by atoms with Gasteiger partial charge in [-0.1, -0.05) is 12.1 Å². The van der Waals surface area contributed by atoms with Crippen molar-refractivity contribution in [3.8, 4) is 0 Å². The molecule has 0 bridgehead atoms. The Morgan fingerprint density at radius 2 is 2.38 bits per heavy atom. The molecule has 0 aromatic carbocycles. The van der Waals surface area contributed by atoms with E-state index in [-0.39, 0.29) is 5.91 Å².